The summed E-state index contributed by atoms with van der Waals surface area (Å²) < 4.78 is 39.6. The average molecular weight is 545 g/mol. The number of fused-ring (bicyclic) bond motifs is 1. The van der Waals surface area contributed by atoms with E-state index in [1.165, 1.54) is 9.87 Å². The summed E-state index contributed by atoms with van der Waals surface area (Å²) in [5.41, 5.74) is 2.04. The highest BCUT2D eigenvalue weighted by atomic mass is 32.2. The molecule has 0 aliphatic carbocycles. The molecule has 1 amide bonds. The molecule has 0 bridgehead atoms. The lowest BCUT2D eigenvalue weighted by Gasteiger charge is -2.38. The number of anilines is 1. The van der Waals surface area contributed by atoms with Gasteiger partial charge in [-0.2, -0.15) is 4.31 Å². The van der Waals surface area contributed by atoms with Crippen LogP contribution in [0.15, 0.2) is 41.3 Å². The molecule has 198 valence electrons. The zero-order chi connectivity index (χ0) is 26.2. The second kappa shape index (κ2) is 10.5. The minimum atomic E-state index is -3.67. The largest absolute Gasteiger partial charge is 0.497 e. The molecule has 5 rings (SSSR count). The Morgan fingerprint density at radius 1 is 1.00 bits per heavy atom. The molecule has 0 radical (unpaired) electrons. The first-order valence-corrected chi connectivity index (χ1v) is 14.7. The summed E-state index contributed by atoms with van der Waals surface area (Å²) in [6.45, 7) is 5.26. The summed E-state index contributed by atoms with van der Waals surface area (Å²) in [4.78, 5) is 22.6. The Morgan fingerprint density at radius 3 is 2.41 bits per heavy atom. The molecule has 9 nitrogen and oxygen atoms in total. The van der Waals surface area contributed by atoms with Crippen LogP contribution in [0, 0.1) is 12.8 Å². The van der Waals surface area contributed by atoms with E-state index in [2.05, 4.69) is 11.8 Å². The summed E-state index contributed by atoms with van der Waals surface area (Å²) >= 11 is 1.65. The van der Waals surface area contributed by atoms with Gasteiger partial charge in [0.05, 0.1) is 29.7 Å². The van der Waals surface area contributed by atoms with Crippen LogP contribution in [0.25, 0.3) is 10.2 Å². The number of hydrogen-bond acceptors (Lipinski definition) is 8. The van der Waals surface area contributed by atoms with Crippen molar-refractivity contribution in [3.63, 3.8) is 0 Å². The first-order valence-electron chi connectivity index (χ1n) is 12.4. The van der Waals surface area contributed by atoms with Gasteiger partial charge in [-0.15, -0.1) is 0 Å². The normalized spacial score (nSPS) is 19.3. The maximum Gasteiger partial charge on any atom is 0.243 e. The average Bonchev–Trinajstić information content (AvgIpc) is 3.40. The molecular weight excluding hydrogens is 512 g/mol. The third-order valence-corrected chi connectivity index (χ3v) is 10.3. The summed E-state index contributed by atoms with van der Waals surface area (Å²) in [5, 5.41) is 0.934. The van der Waals surface area contributed by atoms with Gasteiger partial charge in [0.1, 0.15) is 17.0 Å². The fourth-order valence-electron chi connectivity index (χ4n) is 5.03. The molecule has 0 saturated carbocycles. The fraction of sp³-hybridized carbons (Fsp3) is 0.462. The van der Waals surface area contributed by atoms with Crippen LogP contribution in [0.2, 0.25) is 0 Å². The Hall–Kier alpha value is -2.89. The summed E-state index contributed by atoms with van der Waals surface area (Å²) in [5.74, 6) is 1.08. The number of piperidine rings is 1. The molecule has 2 fully saturated rings. The Balaban J connectivity index is 1.23. The minimum absolute atomic E-state index is 0.0381. The van der Waals surface area contributed by atoms with E-state index in [0.717, 1.165) is 21.1 Å². The van der Waals surface area contributed by atoms with Crippen molar-refractivity contribution in [2.24, 2.45) is 5.92 Å². The number of carbonyl (C=O) groups is 1. The number of methoxy groups -OCH3 is 2. The molecule has 11 heteroatoms. The second-order valence-corrected chi connectivity index (χ2v) is 12.4. The van der Waals surface area contributed by atoms with E-state index in [1.54, 1.807) is 49.8 Å². The maximum atomic E-state index is 13.4. The number of benzene rings is 2. The van der Waals surface area contributed by atoms with Crippen molar-refractivity contribution in [2.75, 3.05) is 58.4 Å². The van der Waals surface area contributed by atoms with Crippen molar-refractivity contribution in [3.8, 4) is 11.5 Å². The fourth-order valence-corrected chi connectivity index (χ4v) is 7.66. The lowest BCUT2D eigenvalue weighted by molar-refractivity contribution is -0.137. The molecule has 3 heterocycles. The SMILES string of the molecule is COc1ccc(S(=O)(=O)N2CCCC(C(=O)N3CCN(c4nc5c(OC)ccc(C)c5s4)CC3)C2)cc1. The van der Waals surface area contributed by atoms with Crippen LogP contribution in [0.3, 0.4) is 0 Å². The third kappa shape index (κ3) is 4.99. The number of thiazole rings is 1. The van der Waals surface area contributed by atoms with E-state index >= 15 is 0 Å². The lowest BCUT2D eigenvalue weighted by Crippen LogP contribution is -2.53. The van der Waals surface area contributed by atoms with E-state index < -0.39 is 10.0 Å². The smallest absolute Gasteiger partial charge is 0.243 e. The van der Waals surface area contributed by atoms with Gasteiger partial charge in [0.15, 0.2) is 5.13 Å². The topological polar surface area (TPSA) is 92.3 Å². The van der Waals surface area contributed by atoms with E-state index in [1.807, 2.05) is 17.0 Å². The zero-order valence-corrected chi connectivity index (χ0v) is 23.0. The predicted molar refractivity (Wildman–Crippen MR) is 144 cm³/mol. The van der Waals surface area contributed by atoms with Crippen molar-refractivity contribution in [1.29, 1.82) is 0 Å². The van der Waals surface area contributed by atoms with E-state index in [9.17, 15) is 13.2 Å². The van der Waals surface area contributed by atoms with Gasteiger partial charge in [-0.05, 0) is 55.7 Å². The van der Waals surface area contributed by atoms with Gasteiger partial charge < -0.3 is 19.3 Å². The molecule has 1 atom stereocenters. The van der Waals surface area contributed by atoms with Crippen molar-refractivity contribution in [2.45, 2.75) is 24.7 Å². The van der Waals surface area contributed by atoms with Crippen molar-refractivity contribution in [1.82, 2.24) is 14.2 Å². The van der Waals surface area contributed by atoms with Crippen LogP contribution in [-0.2, 0) is 14.8 Å². The van der Waals surface area contributed by atoms with E-state index in [4.69, 9.17) is 14.5 Å². The highest BCUT2D eigenvalue weighted by molar-refractivity contribution is 7.89. The van der Waals surface area contributed by atoms with Crippen molar-refractivity contribution in [3.05, 3.63) is 42.0 Å². The van der Waals surface area contributed by atoms with E-state index in [-0.39, 0.29) is 23.3 Å². The number of ether oxygens (including phenoxy) is 2. The first kappa shape index (κ1) is 25.7. The van der Waals surface area contributed by atoms with Crippen LogP contribution < -0.4 is 14.4 Å². The summed E-state index contributed by atoms with van der Waals surface area (Å²) in [6, 6.07) is 10.4. The molecule has 2 aliphatic rings. The molecule has 2 saturated heterocycles. The standard InChI is InChI=1S/C26H32N4O5S2/c1-18-6-11-22(35-3)23-24(18)36-26(27-23)29-15-13-28(14-16-29)25(31)19-5-4-12-30(17-19)37(32,33)21-9-7-20(34-2)8-10-21/h6-11,19H,4-5,12-17H2,1-3H3. The quantitative estimate of drug-likeness (QED) is 0.470. The molecule has 2 aliphatic heterocycles. The van der Waals surface area contributed by atoms with Gasteiger partial charge >= 0.3 is 0 Å². The van der Waals surface area contributed by atoms with E-state index in [0.29, 0.717) is 51.3 Å². The Bertz CT molecular complexity index is 1380. The molecule has 0 N–H and O–H groups in total. The Labute approximate surface area is 221 Å². The number of sulfonamides is 1. The lowest BCUT2D eigenvalue weighted by atomic mass is 9.98. The second-order valence-electron chi connectivity index (χ2n) is 9.45. The number of amides is 1. The van der Waals surface area contributed by atoms with Crippen molar-refractivity contribution < 1.29 is 22.7 Å². The molecule has 2 aromatic carbocycles. The van der Waals surface area contributed by atoms with Gasteiger partial charge in [-0.25, -0.2) is 13.4 Å². The number of aryl methyl sites for hydroxylation is 1. The van der Waals surface area contributed by atoms with Crippen LogP contribution >= 0.6 is 11.3 Å². The molecule has 1 aromatic heterocycles. The maximum absolute atomic E-state index is 13.4. The molecule has 37 heavy (non-hydrogen) atoms. The van der Waals surface area contributed by atoms with Crippen LogP contribution in [0.4, 0.5) is 5.13 Å². The number of rotatable bonds is 6. The van der Waals surface area contributed by atoms with Crippen LogP contribution in [-0.4, -0.2) is 82.0 Å². The first-order chi connectivity index (χ1) is 17.8. The molecule has 1 unspecified atom stereocenters. The van der Waals surface area contributed by atoms with Gasteiger partial charge in [-0.3, -0.25) is 4.79 Å². The monoisotopic (exact) mass is 544 g/mol. The predicted octanol–water partition coefficient (Wildman–Crippen LogP) is 3.37. The number of carbonyl (C=O) groups excluding carboxylic acids is 1. The van der Waals surface area contributed by atoms with Gasteiger partial charge in [0.2, 0.25) is 15.9 Å². The number of hydrogen-bond donors (Lipinski definition) is 0. The van der Waals surface area contributed by atoms with Crippen LogP contribution in [0.5, 0.6) is 11.5 Å². The van der Waals surface area contributed by atoms with Gasteiger partial charge in [0, 0.05) is 39.3 Å². The number of nitrogens with zero attached hydrogens (tertiary/aromatic N) is 4. The van der Waals surface area contributed by atoms with Crippen molar-refractivity contribution >= 4 is 42.6 Å². The molecule has 0 spiro atoms. The Kier molecular flexibility index (Phi) is 7.28. The van der Waals surface area contributed by atoms with Crippen LogP contribution in [0.1, 0.15) is 18.4 Å². The third-order valence-electron chi connectivity index (χ3n) is 7.20. The number of piperazine rings is 1. The Morgan fingerprint density at radius 2 is 1.73 bits per heavy atom. The highest BCUT2D eigenvalue weighted by Gasteiger charge is 2.36. The minimum Gasteiger partial charge on any atom is -0.497 e. The zero-order valence-electron chi connectivity index (χ0n) is 21.3. The summed E-state index contributed by atoms with van der Waals surface area (Å²) in [6.07, 6.45) is 1.36. The van der Waals surface area contributed by atoms with Gasteiger partial charge in [-0.1, -0.05) is 17.4 Å². The summed E-state index contributed by atoms with van der Waals surface area (Å²) in [7, 11) is -0.472. The highest BCUT2D eigenvalue weighted by Crippen LogP contribution is 2.37. The molecular formula is C26H32N4O5S2. The van der Waals surface area contributed by atoms with Gasteiger partial charge in [0.25, 0.3) is 0 Å². The molecule has 3 aromatic rings. The number of aromatic nitrogens is 1.